The highest BCUT2D eigenvalue weighted by Gasteiger charge is 2.30. The fourth-order valence-electron chi connectivity index (χ4n) is 4.75. The number of para-hydroxylation sites is 1. The first-order chi connectivity index (χ1) is 21.9. The molecule has 4 unspecified atom stereocenters. The molecule has 0 aliphatic rings. The van der Waals surface area contributed by atoms with E-state index in [1.54, 1.807) is 6.20 Å². The van der Waals surface area contributed by atoms with Gasteiger partial charge in [0.2, 0.25) is 17.7 Å². The Morgan fingerprint density at radius 3 is 1.83 bits per heavy atom. The first kappa shape index (κ1) is 37.3. The summed E-state index contributed by atoms with van der Waals surface area (Å²) in [5.74, 6) is -3.43. The Hall–Kier alpha value is -4.90. The van der Waals surface area contributed by atoms with Gasteiger partial charge in [-0.3, -0.25) is 24.4 Å². The van der Waals surface area contributed by atoms with E-state index in [4.69, 9.17) is 34.4 Å². The van der Waals surface area contributed by atoms with Crippen LogP contribution in [0.5, 0.6) is 0 Å². The summed E-state index contributed by atoms with van der Waals surface area (Å²) in [5.41, 5.74) is 35.1. The predicted octanol–water partition coefficient (Wildman–Crippen LogP) is -2.19. The number of H-pyrrole nitrogens is 1. The summed E-state index contributed by atoms with van der Waals surface area (Å²) in [6, 6.07) is 3.15. The minimum absolute atomic E-state index is 0.0816. The topological polar surface area (TPSA) is 321 Å². The van der Waals surface area contributed by atoms with E-state index in [0.29, 0.717) is 25.8 Å². The molecule has 0 aliphatic carbocycles. The maximum absolute atomic E-state index is 13.6. The van der Waals surface area contributed by atoms with Crippen LogP contribution in [0.3, 0.4) is 0 Å². The predicted molar refractivity (Wildman–Crippen MR) is 176 cm³/mol. The molecule has 4 atom stereocenters. The van der Waals surface area contributed by atoms with E-state index >= 15 is 0 Å². The van der Waals surface area contributed by atoms with E-state index < -0.39 is 47.9 Å². The van der Waals surface area contributed by atoms with Gasteiger partial charge in [0.15, 0.2) is 11.9 Å². The molecule has 1 aromatic heterocycles. The molecule has 2 aromatic rings. The molecule has 0 radical (unpaired) electrons. The van der Waals surface area contributed by atoms with Gasteiger partial charge in [-0.05, 0) is 69.5 Å². The molecular formula is C29H48N12O5. The highest BCUT2D eigenvalue weighted by atomic mass is 16.4. The van der Waals surface area contributed by atoms with Crippen molar-refractivity contribution in [3.63, 3.8) is 0 Å². The summed E-state index contributed by atoms with van der Waals surface area (Å²) in [4.78, 5) is 62.8. The second kappa shape index (κ2) is 19.5. The maximum Gasteiger partial charge on any atom is 0.326 e. The monoisotopic (exact) mass is 644 g/mol. The number of fused-ring (bicyclic) bond motifs is 1. The van der Waals surface area contributed by atoms with Gasteiger partial charge in [0.05, 0.1) is 6.04 Å². The lowest BCUT2D eigenvalue weighted by molar-refractivity contribution is -0.142. The number of carboxylic acids is 1. The van der Waals surface area contributed by atoms with Crippen molar-refractivity contribution >= 4 is 46.5 Å². The van der Waals surface area contributed by atoms with Crippen LogP contribution in [-0.2, 0) is 25.6 Å². The zero-order chi connectivity index (χ0) is 34.1. The lowest BCUT2D eigenvalue weighted by Gasteiger charge is -2.25. The summed E-state index contributed by atoms with van der Waals surface area (Å²) in [7, 11) is 0. The fourth-order valence-corrected chi connectivity index (χ4v) is 4.75. The summed E-state index contributed by atoms with van der Waals surface area (Å²) < 4.78 is 0. The Morgan fingerprint density at radius 1 is 0.761 bits per heavy atom. The highest BCUT2D eigenvalue weighted by molar-refractivity contribution is 5.94. The van der Waals surface area contributed by atoms with Gasteiger partial charge in [-0.2, -0.15) is 0 Å². The van der Waals surface area contributed by atoms with Crippen molar-refractivity contribution in [3.8, 4) is 0 Å². The summed E-state index contributed by atoms with van der Waals surface area (Å²) in [6.07, 6.45) is 4.02. The number of hydrogen-bond donors (Lipinski definition) is 11. The molecule has 254 valence electrons. The number of aromatic nitrogens is 1. The highest BCUT2D eigenvalue weighted by Crippen LogP contribution is 2.19. The smallest absolute Gasteiger partial charge is 0.326 e. The second-order valence-electron chi connectivity index (χ2n) is 10.9. The van der Waals surface area contributed by atoms with E-state index in [9.17, 15) is 24.3 Å². The molecule has 0 bridgehead atoms. The molecule has 1 aromatic carbocycles. The normalized spacial score (nSPS) is 13.5. The quantitative estimate of drug-likeness (QED) is 0.0394. The van der Waals surface area contributed by atoms with Crippen LogP contribution in [0.4, 0.5) is 0 Å². The number of guanidine groups is 2. The first-order valence-corrected chi connectivity index (χ1v) is 15.2. The number of unbranched alkanes of at least 4 members (excludes halogenated alkanes) is 1. The molecule has 46 heavy (non-hydrogen) atoms. The molecule has 3 amide bonds. The van der Waals surface area contributed by atoms with Crippen LogP contribution in [0.15, 0.2) is 40.4 Å². The number of nitrogens with two attached hydrogens (primary N) is 6. The van der Waals surface area contributed by atoms with Crippen molar-refractivity contribution in [2.24, 2.45) is 44.4 Å². The van der Waals surface area contributed by atoms with E-state index in [2.05, 4.69) is 30.9 Å². The number of carboxylic acid groups (broad SMARTS) is 1. The van der Waals surface area contributed by atoms with Crippen LogP contribution in [-0.4, -0.2) is 89.5 Å². The molecule has 17 heteroatoms. The average molecular weight is 645 g/mol. The van der Waals surface area contributed by atoms with Gasteiger partial charge in [0.25, 0.3) is 0 Å². The third-order valence-electron chi connectivity index (χ3n) is 7.17. The van der Waals surface area contributed by atoms with Crippen LogP contribution < -0.4 is 50.4 Å². The lowest BCUT2D eigenvalue weighted by Crippen LogP contribution is -2.57. The molecule has 0 saturated carbocycles. The Kier molecular flexibility index (Phi) is 15.8. The third-order valence-corrected chi connectivity index (χ3v) is 7.17. The number of nitrogens with zero attached hydrogens (tertiary/aromatic N) is 2. The summed E-state index contributed by atoms with van der Waals surface area (Å²) in [5, 5.41) is 18.4. The minimum Gasteiger partial charge on any atom is -0.480 e. The Labute approximate surface area is 267 Å². The lowest BCUT2D eigenvalue weighted by atomic mass is 10.0. The Bertz CT molecular complexity index is 1350. The molecule has 0 aliphatic heterocycles. The average Bonchev–Trinajstić information content (AvgIpc) is 3.41. The van der Waals surface area contributed by atoms with Crippen molar-refractivity contribution < 1.29 is 24.3 Å². The van der Waals surface area contributed by atoms with Crippen molar-refractivity contribution in [2.75, 3.05) is 19.6 Å². The number of benzene rings is 1. The van der Waals surface area contributed by atoms with E-state index in [1.807, 2.05) is 24.3 Å². The number of nitrogens with one attached hydrogen (secondary N) is 4. The number of amides is 3. The van der Waals surface area contributed by atoms with Crippen molar-refractivity contribution in [3.05, 3.63) is 36.0 Å². The van der Waals surface area contributed by atoms with Crippen LogP contribution in [0, 0.1) is 0 Å². The van der Waals surface area contributed by atoms with Crippen LogP contribution in [0.2, 0.25) is 0 Å². The zero-order valence-electron chi connectivity index (χ0n) is 25.9. The Balaban J connectivity index is 2.20. The van der Waals surface area contributed by atoms with Crippen LogP contribution >= 0.6 is 0 Å². The molecule has 1 heterocycles. The van der Waals surface area contributed by atoms with Crippen LogP contribution in [0.25, 0.3) is 10.9 Å². The van der Waals surface area contributed by atoms with Crippen LogP contribution in [0.1, 0.15) is 50.5 Å². The van der Waals surface area contributed by atoms with E-state index in [-0.39, 0.29) is 57.1 Å². The molecular weight excluding hydrogens is 596 g/mol. The largest absolute Gasteiger partial charge is 0.480 e. The second-order valence-corrected chi connectivity index (χ2v) is 10.9. The zero-order valence-corrected chi connectivity index (χ0v) is 25.9. The minimum atomic E-state index is -1.22. The molecule has 0 spiro atoms. The molecule has 0 saturated heterocycles. The van der Waals surface area contributed by atoms with Crippen molar-refractivity contribution in [1.82, 2.24) is 20.9 Å². The Morgan fingerprint density at radius 2 is 1.28 bits per heavy atom. The van der Waals surface area contributed by atoms with Gasteiger partial charge in [0, 0.05) is 30.2 Å². The van der Waals surface area contributed by atoms with Gasteiger partial charge in [0.1, 0.15) is 18.1 Å². The van der Waals surface area contributed by atoms with Gasteiger partial charge in [-0.25, -0.2) is 4.79 Å². The van der Waals surface area contributed by atoms with Crippen molar-refractivity contribution in [1.29, 1.82) is 0 Å². The van der Waals surface area contributed by atoms with Gasteiger partial charge in [-0.1, -0.05) is 18.2 Å². The van der Waals surface area contributed by atoms with Gasteiger partial charge < -0.3 is 60.4 Å². The summed E-state index contributed by atoms with van der Waals surface area (Å²) >= 11 is 0. The molecule has 17 nitrogen and oxygen atoms in total. The molecule has 0 fully saturated rings. The number of rotatable bonds is 21. The number of aromatic amines is 1. The number of carbonyl (C=O) groups excluding carboxylic acids is 3. The number of carbonyl (C=O) groups is 4. The summed E-state index contributed by atoms with van der Waals surface area (Å²) in [6.45, 7) is 0.739. The first-order valence-electron chi connectivity index (χ1n) is 15.2. The standard InChI is InChI=1S/C29H48N12O5/c30-12-4-3-9-23(27(45)46)41-26(44)22(11-6-14-37-29(34)35)40-25(43)21(10-5-13-36-28(32)33)39-24(42)19(31)15-17-16-38-20-8-2-1-7-18(17)20/h1-2,7-8,16,19,21-23,38H,3-6,9-15,30-31H2,(H,39,42)(H,40,43)(H,41,44)(H,45,46)(H4,32,33,36)(H4,34,35,37). The third kappa shape index (κ3) is 13.0. The number of aliphatic imine (C=N–C) groups is 2. The molecule has 17 N–H and O–H groups in total. The SMILES string of the molecule is NCCCCC(NC(=O)C(CCCN=C(N)N)NC(=O)C(CCCN=C(N)N)NC(=O)C(N)Cc1c[nH]c2ccccc12)C(=O)O. The molecule has 2 rings (SSSR count). The number of aliphatic carboxylic acids is 1. The van der Waals surface area contributed by atoms with E-state index in [0.717, 1.165) is 16.5 Å². The maximum atomic E-state index is 13.6. The van der Waals surface area contributed by atoms with Gasteiger partial charge in [-0.15, -0.1) is 0 Å². The van der Waals surface area contributed by atoms with E-state index in [1.165, 1.54) is 0 Å². The van der Waals surface area contributed by atoms with Crippen molar-refractivity contribution in [2.45, 2.75) is 75.5 Å². The number of hydrogen-bond acceptors (Lipinski definition) is 8. The van der Waals surface area contributed by atoms with Gasteiger partial charge >= 0.3 is 5.97 Å². The fraction of sp³-hybridized carbons (Fsp3) is 0.517.